The van der Waals surface area contributed by atoms with Crippen LogP contribution in [0.5, 0.6) is 0 Å². The quantitative estimate of drug-likeness (QED) is 0.802. The SMILES string of the molecule is Cc1nc2c(c(N3CC(C)OC(C)C3)n1)CN(C(=O)c1ccccc1C)CC2. The Bertz CT molecular complexity index is 888. The average Bonchev–Trinajstić information content (AvgIpc) is 2.66. The number of nitrogens with zero attached hydrogens (tertiary/aromatic N) is 4. The number of fused-ring (bicyclic) bond motifs is 1. The van der Waals surface area contributed by atoms with Crippen LogP contribution >= 0.6 is 0 Å². The summed E-state index contributed by atoms with van der Waals surface area (Å²) in [6.45, 7) is 11.0. The fraction of sp³-hybridized carbons (Fsp3) is 0.500. The molecule has 2 aliphatic rings. The van der Waals surface area contributed by atoms with Gasteiger partial charge in [-0.3, -0.25) is 4.79 Å². The van der Waals surface area contributed by atoms with E-state index in [1.54, 1.807) is 0 Å². The van der Waals surface area contributed by atoms with Crippen molar-refractivity contribution in [1.29, 1.82) is 0 Å². The summed E-state index contributed by atoms with van der Waals surface area (Å²) in [6, 6.07) is 7.78. The lowest BCUT2D eigenvalue weighted by molar-refractivity contribution is -0.00560. The van der Waals surface area contributed by atoms with Crippen molar-refractivity contribution in [2.75, 3.05) is 24.5 Å². The number of aryl methyl sites for hydroxylation is 2. The summed E-state index contributed by atoms with van der Waals surface area (Å²) >= 11 is 0. The summed E-state index contributed by atoms with van der Waals surface area (Å²) in [4.78, 5) is 26.8. The maximum Gasteiger partial charge on any atom is 0.254 e. The molecule has 3 heterocycles. The number of anilines is 1. The van der Waals surface area contributed by atoms with Gasteiger partial charge in [-0.2, -0.15) is 0 Å². The number of hydrogen-bond acceptors (Lipinski definition) is 5. The van der Waals surface area contributed by atoms with E-state index in [0.717, 1.165) is 53.5 Å². The molecule has 0 radical (unpaired) electrons. The number of carbonyl (C=O) groups is 1. The predicted molar refractivity (Wildman–Crippen MR) is 109 cm³/mol. The van der Waals surface area contributed by atoms with Gasteiger partial charge in [0.25, 0.3) is 5.91 Å². The topological polar surface area (TPSA) is 58.6 Å². The van der Waals surface area contributed by atoms with Gasteiger partial charge < -0.3 is 14.5 Å². The smallest absolute Gasteiger partial charge is 0.254 e. The van der Waals surface area contributed by atoms with Crippen LogP contribution in [-0.2, 0) is 17.7 Å². The Morgan fingerprint density at radius 1 is 1.11 bits per heavy atom. The largest absolute Gasteiger partial charge is 0.372 e. The van der Waals surface area contributed by atoms with Crippen LogP contribution in [0.4, 0.5) is 5.82 Å². The van der Waals surface area contributed by atoms with E-state index in [-0.39, 0.29) is 18.1 Å². The van der Waals surface area contributed by atoms with E-state index >= 15 is 0 Å². The first-order chi connectivity index (χ1) is 13.4. The second kappa shape index (κ2) is 7.51. The summed E-state index contributed by atoms with van der Waals surface area (Å²) in [6.07, 6.45) is 1.07. The molecule has 1 saturated heterocycles. The molecule has 6 heteroatoms. The molecule has 2 aliphatic heterocycles. The number of carbonyl (C=O) groups excluding carboxylic acids is 1. The molecule has 148 valence electrons. The van der Waals surface area contributed by atoms with Crippen LogP contribution < -0.4 is 4.90 Å². The molecule has 1 amide bonds. The zero-order chi connectivity index (χ0) is 19.8. The molecule has 2 atom stereocenters. The minimum absolute atomic E-state index is 0.0824. The summed E-state index contributed by atoms with van der Waals surface area (Å²) in [7, 11) is 0. The standard InChI is InChI=1S/C22H28N4O2/c1-14-7-5-6-8-18(14)22(27)25-10-9-20-19(13-25)21(24-17(4)23-20)26-11-15(2)28-16(3)12-26/h5-8,15-16H,9-13H2,1-4H3. The molecule has 1 aromatic heterocycles. The molecule has 4 rings (SSSR count). The molecule has 0 N–H and O–H groups in total. The molecule has 2 aromatic rings. The Morgan fingerprint density at radius 2 is 1.82 bits per heavy atom. The molecule has 0 saturated carbocycles. The van der Waals surface area contributed by atoms with Crippen LogP contribution in [0.25, 0.3) is 0 Å². The summed E-state index contributed by atoms with van der Waals surface area (Å²) in [5.74, 6) is 1.84. The number of amides is 1. The first kappa shape index (κ1) is 18.9. The predicted octanol–water partition coefficient (Wildman–Crippen LogP) is 2.91. The van der Waals surface area contributed by atoms with Crippen molar-refractivity contribution in [3.63, 3.8) is 0 Å². The Kier molecular flexibility index (Phi) is 5.06. The van der Waals surface area contributed by atoms with Gasteiger partial charge >= 0.3 is 0 Å². The molecule has 28 heavy (non-hydrogen) atoms. The van der Waals surface area contributed by atoms with Crippen molar-refractivity contribution in [3.05, 3.63) is 52.5 Å². The minimum Gasteiger partial charge on any atom is -0.372 e. The third kappa shape index (κ3) is 3.61. The maximum atomic E-state index is 13.1. The van der Waals surface area contributed by atoms with E-state index in [0.29, 0.717) is 13.1 Å². The zero-order valence-corrected chi connectivity index (χ0v) is 17.1. The Morgan fingerprint density at radius 3 is 2.54 bits per heavy atom. The summed E-state index contributed by atoms with van der Waals surface area (Å²) in [5.41, 5.74) is 3.94. The van der Waals surface area contributed by atoms with Crippen molar-refractivity contribution in [1.82, 2.24) is 14.9 Å². The van der Waals surface area contributed by atoms with E-state index in [9.17, 15) is 4.79 Å². The molecular formula is C22H28N4O2. The highest BCUT2D eigenvalue weighted by Gasteiger charge is 2.31. The molecule has 2 unspecified atom stereocenters. The average molecular weight is 380 g/mol. The third-order valence-electron chi connectivity index (χ3n) is 5.53. The molecule has 1 aromatic carbocycles. The highest BCUT2D eigenvalue weighted by Crippen LogP contribution is 2.29. The van der Waals surface area contributed by atoms with Crippen molar-refractivity contribution in [2.24, 2.45) is 0 Å². The van der Waals surface area contributed by atoms with Crippen LogP contribution in [0.2, 0.25) is 0 Å². The van der Waals surface area contributed by atoms with Crippen molar-refractivity contribution in [3.8, 4) is 0 Å². The van der Waals surface area contributed by atoms with E-state index in [1.807, 2.05) is 43.0 Å². The van der Waals surface area contributed by atoms with Gasteiger partial charge in [0.1, 0.15) is 11.6 Å². The maximum absolute atomic E-state index is 13.1. The zero-order valence-electron chi connectivity index (χ0n) is 17.1. The van der Waals surface area contributed by atoms with Gasteiger partial charge in [-0.05, 0) is 39.3 Å². The number of rotatable bonds is 2. The normalized spacial score (nSPS) is 22.1. The lowest BCUT2D eigenvalue weighted by Gasteiger charge is -2.39. The molecule has 0 bridgehead atoms. The summed E-state index contributed by atoms with van der Waals surface area (Å²) in [5, 5.41) is 0. The van der Waals surface area contributed by atoms with Crippen molar-refractivity contribution >= 4 is 11.7 Å². The lowest BCUT2D eigenvalue weighted by Crippen LogP contribution is -2.47. The fourth-order valence-corrected chi connectivity index (χ4v) is 4.29. The highest BCUT2D eigenvalue weighted by atomic mass is 16.5. The number of ether oxygens (including phenoxy) is 1. The first-order valence-corrected chi connectivity index (χ1v) is 10.0. The third-order valence-corrected chi connectivity index (χ3v) is 5.53. The van der Waals surface area contributed by atoms with Gasteiger partial charge in [0.05, 0.1) is 24.4 Å². The van der Waals surface area contributed by atoms with E-state index in [4.69, 9.17) is 9.72 Å². The molecule has 0 spiro atoms. The molecule has 0 aliphatic carbocycles. The van der Waals surface area contributed by atoms with Gasteiger partial charge in [-0.1, -0.05) is 18.2 Å². The first-order valence-electron chi connectivity index (χ1n) is 10.0. The molecule has 1 fully saturated rings. The van der Waals surface area contributed by atoms with Crippen molar-refractivity contribution < 1.29 is 9.53 Å². The van der Waals surface area contributed by atoms with Gasteiger partial charge in [-0.15, -0.1) is 0 Å². The number of aromatic nitrogens is 2. The molecular weight excluding hydrogens is 352 g/mol. The second-order valence-corrected chi connectivity index (χ2v) is 7.97. The summed E-state index contributed by atoms with van der Waals surface area (Å²) < 4.78 is 5.89. The van der Waals surface area contributed by atoms with Crippen LogP contribution in [0, 0.1) is 13.8 Å². The lowest BCUT2D eigenvalue weighted by atomic mass is 10.0. The fourth-order valence-electron chi connectivity index (χ4n) is 4.29. The van der Waals surface area contributed by atoms with Gasteiger partial charge in [0.2, 0.25) is 0 Å². The molecule has 6 nitrogen and oxygen atoms in total. The van der Waals surface area contributed by atoms with Gasteiger partial charge in [0, 0.05) is 37.2 Å². The van der Waals surface area contributed by atoms with Crippen LogP contribution in [0.3, 0.4) is 0 Å². The number of benzene rings is 1. The monoisotopic (exact) mass is 380 g/mol. The van der Waals surface area contributed by atoms with Crippen LogP contribution in [-0.4, -0.2) is 52.6 Å². The Labute approximate surface area is 166 Å². The van der Waals surface area contributed by atoms with Crippen molar-refractivity contribution in [2.45, 2.75) is 52.9 Å². The van der Waals surface area contributed by atoms with Gasteiger partial charge in [-0.25, -0.2) is 9.97 Å². The van der Waals surface area contributed by atoms with Gasteiger partial charge in [0.15, 0.2) is 0 Å². The second-order valence-electron chi connectivity index (χ2n) is 7.97. The van der Waals surface area contributed by atoms with E-state index in [2.05, 4.69) is 23.7 Å². The van der Waals surface area contributed by atoms with E-state index < -0.39 is 0 Å². The highest BCUT2D eigenvalue weighted by molar-refractivity contribution is 5.95. The van der Waals surface area contributed by atoms with E-state index in [1.165, 1.54) is 0 Å². The van der Waals surface area contributed by atoms with Crippen LogP contribution in [0.15, 0.2) is 24.3 Å². The number of hydrogen-bond donors (Lipinski definition) is 0. The van der Waals surface area contributed by atoms with Crippen LogP contribution in [0.1, 0.15) is 46.9 Å². The Hall–Kier alpha value is -2.47. The Balaban J connectivity index is 1.66. The number of morpholine rings is 1. The minimum atomic E-state index is 0.0824.